The van der Waals surface area contributed by atoms with E-state index >= 15 is 0 Å². The van der Waals surface area contributed by atoms with Gasteiger partial charge in [-0.1, -0.05) is 11.6 Å². The number of alkyl halides is 3. The smallest absolute Gasteiger partial charge is 0.385 e. The number of benzene rings is 1. The Balaban J connectivity index is 1.36. The molecule has 2 heterocycles. The highest BCUT2D eigenvalue weighted by molar-refractivity contribution is 6.31. The number of hydrogen-bond donors (Lipinski definition) is 4. The number of rotatable bonds is 4. The Labute approximate surface area is 207 Å². The number of carbonyl (C=O) groups is 1. The standard InChI is InChI=1S/C23H23ClF4N6O2/c1-34-20(29)17(21(35)31-13-2-3-16(25)15(24)6-13)18(33-34)10-4-11-7-22(36,8-12(11)5-10)14-9-30-32-19(14)23(26,27)28/h2-3,6,9-12,36H,4-5,7-8,29H2,1H3,(H,30,32)(H,31,35)/t10-,11-,12+,22+. The first kappa shape index (κ1) is 24.6. The van der Waals surface area contributed by atoms with Crippen molar-refractivity contribution in [3.05, 3.63) is 57.8 Å². The summed E-state index contributed by atoms with van der Waals surface area (Å²) >= 11 is 5.81. The van der Waals surface area contributed by atoms with Gasteiger partial charge in [0.05, 0.1) is 16.3 Å². The Morgan fingerprint density at radius 2 is 1.97 bits per heavy atom. The van der Waals surface area contributed by atoms with E-state index in [1.54, 1.807) is 7.05 Å². The Bertz CT molecular complexity index is 1320. The fraction of sp³-hybridized carbons (Fsp3) is 0.435. The molecule has 0 unspecified atom stereocenters. The lowest BCUT2D eigenvalue weighted by molar-refractivity contribution is -0.144. The van der Waals surface area contributed by atoms with Crippen molar-refractivity contribution in [1.29, 1.82) is 0 Å². The van der Waals surface area contributed by atoms with Crippen molar-refractivity contribution in [2.24, 2.45) is 18.9 Å². The van der Waals surface area contributed by atoms with Gasteiger partial charge in [0.15, 0.2) is 5.69 Å². The SMILES string of the molecule is Cn1nc([C@@H]2C[C@@H]3C[C@@](O)(c4c[nH]nc4C(F)(F)F)C[C@@H]3C2)c(C(=O)Nc2ccc(F)c(Cl)c2)c1N. The van der Waals surface area contributed by atoms with E-state index in [0.29, 0.717) is 18.5 Å². The number of nitrogens with zero attached hydrogens (tertiary/aromatic N) is 3. The predicted molar refractivity (Wildman–Crippen MR) is 123 cm³/mol. The molecule has 2 aromatic heterocycles. The van der Waals surface area contributed by atoms with Gasteiger partial charge in [-0.25, -0.2) is 4.39 Å². The second kappa shape index (κ2) is 8.48. The number of fused-ring (bicyclic) bond motifs is 1. The van der Waals surface area contributed by atoms with Crippen LogP contribution < -0.4 is 11.1 Å². The first-order chi connectivity index (χ1) is 16.9. The molecular formula is C23H23ClF4N6O2. The number of halogens is 5. The van der Waals surface area contributed by atoms with E-state index in [4.69, 9.17) is 17.3 Å². The first-order valence-electron chi connectivity index (χ1n) is 11.3. The van der Waals surface area contributed by atoms with Crippen LogP contribution in [0, 0.1) is 17.7 Å². The van der Waals surface area contributed by atoms with E-state index in [9.17, 15) is 27.5 Å². The van der Waals surface area contributed by atoms with Crippen molar-refractivity contribution in [2.45, 2.75) is 43.4 Å². The maximum absolute atomic E-state index is 13.5. The highest BCUT2D eigenvalue weighted by Crippen LogP contribution is 2.58. The van der Waals surface area contributed by atoms with Gasteiger partial charge < -0.3 is 16.2 Å². The van der Waals surface area contributed by atoms with Gasteiger partial charge in [0.25, 0.3) is 5.91 Å². The summed E-state index contributed by atoms with van der Waals surface area (Å²) in [6.07, 6.45) is -2.20. The van der Waals surface area contributed by atoms with Crippen LogP contribution in [0.5, 0.6) is 0 Å². The average Bonchev–Trinajstić information content (AvgIpc) is 3.53. The monoisotopic (exact) mass is 526 g/mol. The molecule has 4 atom stereocenters. The Hall–Kier alpha value is -3.12. The van der Waals surface area contributed by atoms with Crippen LogP contribution in [-0.4, -0.2) is 31.0 Å². The summed E-state index contributed by atoms with van der Waals surface area (Å²) in [4.78, 5) is 13.1. The molecule has 0 radical (unpaired) electrons. The third-order valence-electron chi connectivity index (χ3n) is 7.36. The Morgan fingerprint density at radius 3 is 2.58 bits per heavy atom. The van der Waals surface area contributed by atoms with Crippen molar-refractivity contribution in [1.82, 2.24) is 20.0 Å². The van der Waals surface area contributed by atoms with E-state index in [2.05, 4.69) is 20.6 Å². The van der Waals surface area contributed by atoms with Crippen LogP contribution in [-0.2, 0) is 18.8 Å². The molecule has 36 heavy (non-hydrogen) atoms. The van der Waals surface area contributed by atoms with Gasteiger partial charge in [-0.2, -0.15) is 23.4 Å². The molecule has 0 bridgehead atoms. The minimum absolute atomic E-state index is 0.0639. The number of H-pyrrole nitrogens is 1. The average molecular weight is 527 g/mol. The third-order valence-corrected chi connectivity index (χ3v) is 7.65. The second-order valence-electron chi connectivity index (χ2n) is 9.63. The molecule has 2 aliphatic carbocycles. The summed E-state index contributed by atoms with van der Waals surface area (Å²) in [5.41, 5.74) is 4.15. The van der Waals surface area contributed by atoms with Crippen LogP contribution >= 0.6 is 11.6 Å². The minimum Gasteiger partial charge on any atom is -0.385 e. The molecule has 1 aromatic carbocycles. The van der Waals surface area contributed by atoms with E-state index in [1.807, 2.05) is 0 Å². The molecule has 2 aliphatic rings. The second-order valence-corrected chi connectivity index (χ2v) is 10.0. The maximum atomic E-state index is 13.5. The number of aliphatic hydroxyl groups is 1. The van der Waals surface area contributed by atoms with Crippen molar-refractivity contribution in [3.8, 4) is 0 Å². The van der Waals surface area contributed by atoms with Crippen molar-refractivity contribution >= 4 is 29.0 Å². The molecular weight excluding hydrogens is 504 g/mol. The zero-order valence-corrected chi connectivity index (χ0v) is 19.8. The fourth-order valence-corrected chi connectivity index (χ4v) is 5.99. The number of nitrogen functional groups attached to an aromatic ring is 1. The quantitative estimate of drug-likeness (QED) is 0.371. The molecule has 0 saturated heterocycles. The molecule has 192 valence electrons. The zero-order valence-electron chi connectivity index (χ0n) is 19.0. The Morgan fingerprint density at radius 1 is 1.31 bits per heavy atom. The highest BCUT2D eigenvalue weighted by atomic mass is 35.5. The molecule has 5 rings (SSSR count). The number of amides is 1. The van der Waals surface area contributed by atoms with Crippen molar-refractivity contribution in [3.63, 3.8) is 0 Å². The van der Waals surface area contributed by atoms with Gasteiger partial charge >= 0.3 is 6.18 Å². The van der Waals surface area contributed by atoms with Crippen LogP contribution in [0.1, 0.15) is 58.9 Å². The van der Waals surface area contributed by atoms with Crippen molar-refractivity contribution in [2.75, 3.05) is 11.1 Å². The molecule has 0 aliphatic heterocycles. The van der Waals surface area contributed by atoms with Gasteiger partial charge in [-0.05, 0) is 55.7 Å². The lowest BCUT2D eigenvalue weighted by Gasteiger charge is -2.25. The van der Waals surface area contributed by atoms with Gasteiger partial charge in [-0.15, -0.1) is 0 Å². The first-order valence-corrected chi connectivity index (χ1v) is 11.7. The number of nitrogens with one attached hydrogen (secondary N) is 2. The maximum Gasteiger partial charge on any atom is 0.435 e. The number of aryl methyl sites for hydroxylation is 1. The van der Waals surface area contributed by atoms with E-state index < -0.39 is 29.2 Å². The lowest BCUT2D eigenvalue weighted by Crippen LogP contribution is -2.26. The van der Waals surface area contributed by atoms with Gasteiger partial charge in [-0.3, -0.25) is 14.6 Å². The summed E-state index contributed by atoms with van der Waals surface area (Å²) in [6, 6.07) is 3.79. The fourth-order valence-electron chi connectivity index (χ4n) is 5.81. The number of nitrogens with two attached hydrogens (primary N) is 1. The molecule has 2 saturated carbocycles. The van der Waals surface area contributed by atoms with E-state index in [0.717, 1.165) is 12.3 Å². The summed E-state index contributed by atoms with van der Waals surface area (Å²) < 4.78 is 54.9. The van der Waals surface area contributed by atoms with E-state index in [1.165, 1.54) is 16.8 Å². The van der Waals surface area contributed by atoms with E-state index in [-0.39, 0.29) is 58.3 Å². The summed E-state index contributed by atoms with van der Waals surface area (Å²) in [5, 5.41) is 23.7. The van der Waals surface area contributed by atoms with Gasteiger partial charge in [0, 0.05) is 30.4 Å². The summed E-state index contributed by atoms with van der Waals surface area (Å²) in [6.45, 7) is 0. The number of carbonyl (C=O) groups excluding carboxylic acids is 1. The largest absolute Gasteiger partial charge is 0.435 e. The van der Waals surface area contributed by atoms with Crippen LogP contribution in [0.3, 0.4) is 0 Å². The molecule has 5 N–H and O–H groups in total. The summed E-state index contributed by atoms with van der Waals surface area (Å²) in [5.74, 6) is -1.29. The third kappa shape index (κ3) is 4.11. The lowest BCUT2D eigenvalue weighted by atomic mass is 9.87. The van der Waals surface area contributed by atoms with Crippen LogP contribution in [0.2, 0.25) is 5.02 Å². The zero-order chi connectivity index (χ0) is 26.0. The molecule has 13 heteroatoms. The van der Waals surface area contributed by atoms with Crippen LogP contribution in [0.15, 0.2) is 24.4 Å². The van der Waals surface area contributed by atoms with Gasteiger partial charge in [0.1, 0.15) is 17.2 Å². The minimum atomic E-state index is -4.67. The molecule has 2 fully saturated rings. The normalized spacial score (nSPS) is 25.8. The van der Waals surface area contributed by atoms with Gasteiger partial charge in [0.2, 0.25) is 0 Å². The molecule has 1 amide bonds. The number of aromatic amines is 1. The number of anilines is 2. The summed E-state index contributed by atoms with van der Waals surface area (Å²) in [7, 11) is 1.61. The molecule has 3 aromatic rings. The predicted octanol–water partition coefficient (Wildman–Crippen LogP) is 4.58. The number of hydrogen-bond acceptors (Lipinski definition) is 5. The Kier molecular flexibility index (Phi) is 5.79. The number of aromatic nitrogens is 4. The van der Waals surface area contributed by atoms with Crippen molar-refractivity contribution < 1.29 is 27.5 Å². The van der Waals surface area contributed by atoms with Crippen LogP contribution in [0.4, 0.5) is 29.1 Å². The molecule has 0 spiro atoms. The molecule has 8 nitrogen and oxygen atoms in total. The highest BCUT2D eigenvalue weighted by Gasteiger charge is 2.53. The van der Waals surface area contributed by atoms with Crippen LogP contribution in [0.25, 0.3) is 0 Å². The topological polar surface area (TPSA) is 122 Å².